The largest absolute Gasteiger partial charge is 0.0776 e. The van der Waals surface area contributed by atoms with Crippen molar-refractivity contribution in [2.45, 2.75) is 14.4 Å². The van der Waals surface area contributed by atoms with Crippen LogP contribution in [0.2, 0.25) is 0 Å². The van der Waals surface area contributed by atoms with Crippen molar-refractivity contribution in [2.75, 3.05) is 20.0 Å². The summed E-state index contributed by atoms with van der Waals surface area (Å²) in [6, 6.07) is 30.5. The summed E-state index contributed by atoms with van der Waals surface area (Å²) in [5, 5.41) is 0. The summed E-state index contributed by atoms with van der Waals surface area (Å²) in [5.74, 6) is 0. The van der Waals surface area contributed by atoms with Crippen LogP contribution in [0.15, 0.2) is 78.9 Å². The average molecular weight is 555 g/mol. The van der Waals surface area contributed by atoms with Gasteiger partial charge in [-0.05, 0) is 49.3 Å². The van der Waals surface area contributed by atoms with Gasteiger partial charge in [0.1, 0.15) is 0 Å². The quantitative estimate of drug-likeness (QED) is 0.239. The Morgan fingerprint density at radius 2 is 1.48 bits per heavy atom. The van der Waals surface area contributed by atoms with Gasteiger partial charge in [-0.25, -0.2) is 0 Å². The number of rotatable bonds is 3. The van der Waals surface area contributed by atoms with Gasteiger partial charge in [0.25, 0.3) is 0 Å². The van der Waals surface area contributed by atoms with Gasteiger partial charge in [0.15, 0.2) is 0 Å². The molecule has 0 fully saturated rings. The molecule has 0 aliphatic rings. The molecule has 0 nitrogen and oxygen atoms in total. The Balaban J connectivity index is 0.00000103. The van der Waals surface area contributed by atoms with Gasteiger partial charge >= 0.3 is 0 Å². The first-order valence-electron chi connectivity index (χ1n) is 8.64. The average Bonchev–Trinajstić information content (AvgIpc) is 2.61. The molecule has 27 heavy (non-hydrogen) atoms. The smallest absolute Gasteiger partial charge is 0.0461 e. The minimum absolute atomic E-state index is 0. The number of hydrogen-bond donors (Lipinski definition) is 0. The minimum atomic E-state index is 0. The van der Waals surface area contributed by atoms with Gasteiger partial charge in [0.05, 0.1) is 0 Å². The Hall–Kier alpha value is -1.52. The summed E-state index contributed by atoms with van der Waals surface area (Å²) in [5.41, 5.74) is 6.01. The van der Waals surface area contributed by atoms with Crippen LogP contribution in [-0.4, -0.2) is 20.0 Å². The molecule has 0 amide bonds. The van der Waals surface area contributed by atoms with Crippen molar-refractivity contribution in [1.29, 1.82) is 0 Å². The fourth-order valence-corrected chi connectivity index (χ4v) is 2.41. The van der Waals surface area contributed by atoms with Crippen molar-refractivity contribution in [3.8, 4) is 0 Å². The van der Waals surface area contributed by atoms with E-state index >= 15 is 0 Å². The van der Waals surface area contributed by atoms with E-state index in [1.807, 2.05) is 18.2 Å². The molecule has 3 rings (SSSR count). The van der Waals surface area contributed by atoms with Crippen LogP contribution in [0.5, 0.6) is 0 Å². The monoisotopic (exact) mass is 555 g/mol. The van der Waals surface area contributed by atoms with Crippen LogP contribution in [0.1, 0.15) is 29.7 Å². The van der Waals surface area contributed by atoms with Crippen molar-refractivity contribution in [2.24, 2.45) is 0 Å². The molecule has 144 valence electrons. The molecular weight excluding hydrogens is 523 g/mol. The van der Waals surface area contributed by atoms with Gasteiger partial charge in [-0.15, -0.1) is 0 Å². The molecule has 3 aromatic carbocycles. The molecule has 0 atom stereocenters. The van der Waals surface area contributed by atoms with Gasteiger partial charge in [0.2, 0.25) is 0 Å². The van der Waals surface area contributed by atoms with Crippen molar-refractivity contribution in [1.82, 2.24) is 0 Å². The van der Waals surface area contributed by atoms with Crippen LogP contribution in [0, 0.1) is 13.0 Å². The van der Waals surface area contributed by atoms with E-state index in [1.165, 1.54) is 22.3 Å². The zero-order chi connectivity index (χ0) is 18.1. The van der Waals surface area contributed by atoms with Crippen molar-refractivity contribution >= 4 is 19.6 Å². The van der Waals surface area contributed by atoms with Crippen molar-refractivity contribution < 1.29 is 20.1 Å². The number of aryl methyl sites for hydroxylation is 1. The third-order valence-electron chi connectivity index (χ3n) is 3.44. The minimum Gasteiger partial charge on any atom is -0.0776 e. The van der Waals surface area contributed by atoms with E-state index in [9.17, 15) is 0 Å². The van der Waals surface area contributed by atoms with Gasteiger partial charge in [-0.1, -0.05) is 91.9 Å². The molecule has 0 unspecified atom stereocenters. The van der Waals surface area contributed by atoms with Crippen LogP contribution in [0.3, 0.4) is 0 Å². The van der Waals surface area contributed by atoms with E-state index in [2.05, 4.69) is 99.7 Å². The predicted molar refractivity (Wildman–Crippen MR) is 123 cm³/mol. The second-order valence-electron chi connectivity index (χ2n) is 6.61. The Kier molecular flexibility index (Phi) is 12.9. The second kappa shape index (κ2) is 13.6. The van der Waals surface area contributed by atoms with Gasteiger partial charge in [0, 0.05) is 40.1 Å². The Morgan fingerprint density at radius 3 is 2.04 bits per heavy atom. The first kappa shape index (κ1) is 25.5. The van der Waals surface area contributed by atoms with E-state index < -0.39 is 0 Å². The second-order valence-corrected chi connectivity index (χ2v) is 9.61. The molecule has 0 saturated carbocycles. The summed E-state index contributed by atoms with van der Waals surface area (Å²) in [6.45, 7) is 8.93. The maximum absolute atomic E-state index is 3.34. The SMILES string of the molecule is C.C[PH+](C)C.Cc1cccc(/C(=C\c2ccccc2)c2[c]cccc2)c1.[Ir]. The fourth-order valence-electron chi connectivity index (χ4n) is 2.41. The van der Waals surface area contributed by atoms with Gasteiger partial charge in [-0.3, -0.25) is 0 Å². The normalized spacial score (nSPS) is 10.2. The molecule has 0 aromatic heterocycles. The van der Waals surface area contributed by atoms with Crippen LogP contribution >= 0.6 is 7.92 Å². The fraction of sp³-hybridized carbons (Fsp3) is 0.200. The van der Waals surface area contributed by atoms with Crippen LogP contribution in [0.25, 0.3) is 11.6 Å². The van der Waals surface area contributed by atoms with Crippen LogP contribution in [0.4, 0.5) is 0 Å². The maximum atomic E-state index is 3.34. The summed E-state index contributed by atoms with van der Waals surface area (Å²) >= 11 is 0. The summed E-state index contributed by atoms with van der Waals surface area (Å²) in [6.07, 6.45) is 2.22. The first-order valence-corrected chi connectivity index (χ1v) is 11.6. The number of hydrogen-bond acceptors (Lipinski definition) is 0. The molecule has 0 aliphatic carbocycles. The molecule has 0 saturated heterocycles. The summed E-state index contributed by atoms with van der Waals surface area (Å²) in [7, 11) is 0.120. The van der Waals surface area contributed by atoms with E-state index in [0.29, 0.717) is 0 Å². The first-order chi connectivity index (χ1) is 12.1. The van der Waals surface area contributed by atoms with E-state index in [4.69, 9.17) is 0 Å². The third-order valence-corrected chi connectivity index (χ3v) is 3.44. The maximum Gasteiger partial charge on any atom is 0.0461 e. The predicted octanol–water partition coefficient (Wildman–Crippen LogP) is 7.11. The van der Waals surface area contributed by atoms with E-state index in [1.54, 1.807) is 0 Å². The molecular formula is C25H31IrP+. The Labute approximate surface area is 180 Å². The summed E-state index contributed by atoms with van der Waals surface area (Å²) < 4.78 is 0. The topological polar surface area (TPSA) is 0 Å². The third kappa shape index (κ3) is 9.30. The molecule has 2 heteroatoms. The van der Waals surface area contributed by atoms with Gasteiger partial charge < -0.3 is 0 Å². The van der Waals surface area contributed by atoms with Crippen molar-refractivity contribution in [3.63, 3.8) is 0 Å². The standard InChI is InChI=1S/C21H17.C3H9P.CH4.Ir/c1-17-9-8-14-20(15-17)21(19-12-6-3-7-13-19)16-18-10-4-2-5-11-18;1-4(2)3;;/h2-12,14-16H,1H3;1-3H3;1H4;/p+1/b21-16-;;;. The van der Waals surface area contributed by atoms with Crippen LogP contribution < -0.4 is 0 Å². The molecule has 0 spiro atoms. The van der Waals surface area contributed by atoms with E-state index in [0.717, 1.165) is 5.56 Å². The zero-order valence-electron chi connectivity index (χ0n) is 15.9. The summed E-state index contributed by atoms with van der Waals surface area (Å²) in [4.78, 5) is 0. The molecule has 0 bridgehead atoms. The Morgan fingerprint density at radius 1 is 0.852 bits per heavy atom. The molecule has 0 aliphatic heterocycles. The Bertz CT molecular complexity index is 790. The molecule has 0 N–H and O–H groups in total. The van der Waals surface area contributed by atoms with Crippen LogP contribution in [-0.2, 0) is 20.1 Å². The zero-order valence-corrected chi connectivity index (χ0v) is 19.3. The van der Waals surface area contributed by atoms with Crippen molar-refractivity contribution in [3.05, 3.63) is 107 Å². The molecule has 3 aromatic rings. The van der Waals surface area contributed by atoms with Gasteiger partial charge in [-0.2, -0.15) is 0 Å². The number of benzene rings is 3. The van der Waals surface area contributed by atoms with E-state index in [-0.39, 0.29) is 35.5 Å². The molecule has 2 radical (unpaired) electrons. The molecule has 0 heterocycles.